The second-order valence-corrected chi connectivity index (χ2v) is 6.74. The van der Waals surface area contributed by atoms with E-state index >= 15 is 0 Å². The molecule has 2 aliphatic heterocycles. The molecule has 0 aliphatic carbocycles. The molecule has 132 valence electrons. The molecule has 1 atom stereocenters. The van der Waals surface area contributed by atoms with E-state index in [0.29, 0.717) is 18.3 Å². The van der Waals surface area contributed by atoms with Gasteiger partial charge < -0.3 is 15.4 Å². The molecule has 1 amide bonds. The molecule has 1 unspecified atom stereocenters. The quantitative estimate of drug-likeness (QED) is 0.878. The summed E-state index contributed by atoms with van der Waals surface area (Å²) in [4.78, 5) is 12.6. The van der Waals surface area contributed by atoms with Gasteiger partial charge in [0.15, 0.2) is 5.69 Å². The van der Waals surface area contributed by atoms with Crippen LogP contribution >= 0.6 is 0 Å². The van der Waals surface area contributed by atoms with Crippen molar-refractivity contribution in [3.8, 4) is 5.75 Å². The van der Waals surface area contributed by atoms with E-state index in [1.165, 1.54) is 0 Å². The van der Waals surface area contributed by atoms with Crippen LogP contribution < -0.4 is 15.4 Å². The zero-order valence-corrected chi connectivity index (χ0v) is 14.4. The third-order valence-electron chi connectivity index (χ3n) is 5.01. The fourth-order valence-corrected chi connectivity index (χ4v) is 3.62. The summed E-state index contributed by atoms with van der Waals surface area (Å²) in [5.41, 5.74) is 2.37. The lowest BCUT2D eigenvalue weighted by atomic mass is 10.0. The maximum atomic E-state index is 12.6. The van der Waals surface area contributed by atoms with E-state index in [9.17, 15) is 4.79 Å². The molecule has 1 aromatic heterocycles. The number of amides is 1. The summed E-state index contributed by atoms with van der Waals surface area (Å²) in [7, 11) is 0. The van der Waals surface area contributed by atoms with Crippen molar-refractivity contribution in [2.45, 2.75) is 38.3 Å². The van der Waals surface area contributed by atoms with Crippen LogP contribution in [0, 0.1) is 6.92 Å². The molecule has 0 spiro atoms. The minimum absolute atomic E-state index is 0.0502. The number of carbonyl (C=O) groups is 1. The molecule has 1 aromatic carbocycles. The summed E-state index contributed by atoms with van der Waals surface area (Å²) in [5.74, 6) is 0.728. The maximum absolute atomic E-state index is 12.6. The van der Waals surface area contributed by atoms with Crippen LogP contribution in [0.4, 0.5) is 0 Å². The van der Waals surface area contributed by atoms with Crippen LogP contribution in [0.2, 0.25) is 0 Å². The predicted octanol–water partition coefficient (Wildman–Crippen LogP) is 1.24. The van der Waals surface area contributed by atoms with Crippen molar-refractivity contribution in [3.05, 3.63) is 41.2 Å². The molecule has 0 saturated carbocycles. The van der Waals surface area contributed by atoms with Gasteiger partial charge in [0.2, 0.25) is 0 Å². The van der Waals surface area contributed by atoms with Crippen molar-refractivity contribution in [1.29, 1.82) is 0 Å². The van der Waals surface area contributed by atoms with E-state index < -0.39 is 0 Å². The van der Waals surface area contributed by atoms with Crippen molar-refractivity contribution >= 4 is 5.91 Å². The Morgan fingerprint density at radius 1 is 1.32 bits per heavy atom. The number of benzene rings is 1. The fourth-order valence-electron chi connectivity index (χ4n) is 3.62. The molecular formula is C18H23N5O2. The third-order valence-corrected chi connectivity index (χ3v) is 5.01. The first-order valence-corrected chi connectivity index (χ1v) is 8.86. The second-order valence-electron chi connectivity index (χ2n) is 6.74. The minimum atomic E-state index is -0.175. The number of rotatable bonds is 3. The maximum Gasteiger partial charge on any atom is 0.274 e. The van der Waals surface area contributed by atoms with Gasteiger partial charge >= 0.3 is 0 Å². The van der Waals surface area contributed by atoms with Crippen molar-refractivity contribution in [1.82, 2.24) is 25.6 Å². The lowest BCUT2D eigenvalue weighted by Gasteiger charge is -2.26. The Bertz CT molecular complexity index is 767. The molecule has 2 N–H and O–H groups in total. The molecule has 7 heteroatoms. The van der Waals surface area contributed by atoms with Gasteiger partial charge in [0, 0.05) is 0 Å². The number of ether oxygens (including phenoxy) is 1. The molecule has 1 saturated heterocycles. The van der Waals surface area contributed by atoms with Crippen LogP contribution in [-0.2, 0) is 6.42 Å². The fraction of sp³-hybridized carbons (Fsp3) is 0.500. The molecule has 2 aliphatic rings. The van der Waals surface area contributed by atoms with Crippen LogP contribution in [0.25, 0.3) is 0 Å². The number of piperidine rings is 1. The topological polar surface area (TPSA) is 81.1 Å². The SMILES string of the molecule is Cc1c(C(=O)NC2COc3ccccc3C2)nnn1C1CCNCC1. The lowest BCUT2D eigenvalue weighted by molar-refractivity contribution is 0.0909. The highest BCUT2D eigenvalue weighted by Gasteiger charge is 2.26. The highest BCUT2D eigenvalue weighted by atomic mass is 16.5. The Morgan fingerprint density at radius 2 is 2.12 bits per heavy atom. The van der Waals surface area contributed by atoms with Crippen molar-refractivity contribution in [2.75, 3.05) is 19.7 Å². The zero-order chi connectivity index (χ0) is 17.2. The van der Waals surface area contributed by atoms with Gasteiger partial charge in [-0.3, -0.25) is 4.79 Å². The predicted molar refractivity (Wildman–Crippen MR) is 92.8 cm³/mol. The average molecular weight is 341 g/mol. The normalized spacial score (nSPS) is 20.6. The van der Waals surface area contributed by atoms with Gasteiger partial charge in [0.1, 0.15) is 12.4 Å². The Hall–Kier alpha value is -2.41. The summed E-state index contributed by atoms with van der Waals surface area (Å²) >= 11 is 0. The highest BCUT2D eigenvalue weighted by molar-refractivity contribution is 5.93. The van der Waals surface area contributed by atoms with E-state index in [1.807, 2.05) is 35.9 Å². The van der Waals surface area contributed by atoms with Gasteiger partial charge in [-0.1, -0.05) is 23.4 Å². The van der Waals surface area contributed by atoms with Gasteiger partial charge in [0.25, 0.3) is 5.91 Å². The first-order chi connectivity index (χ1) is 12.2. The van der Waals surface area contributed by atoms with E-state index in [-0.39, 0.29) is 11.9 Å². The van der Waals surface area contributed by atoms with E-state index in [1.54, 1.807) is 0 Å². The van der Waals surface area contributed by atoms with Gasteiger partial charge in [-0.05, 0) is 50.9 Å². The largest absolute Gasteiger partial charge is 0.491 e. The summed E-state index contributed by atoms with van der Waals surface area (Å²) in [5, 5.41) is 14.8. The van der Waals surface area contributed by atoms with E-state index in [0.717, 1.165) is 49.4 Å². The molecule has 0 bridgehead atoms. The van der Waals surface area contributed by atoms with Gasteiger partial charge in [-0.2, -0.15) is 0 Å². The Balaban J connectivity index is 1.44. The van der Waals surface area contributed by atoms with Crippen LogP contribution in [-0.4, -0.2) is 46.6 Å². The number of fused-ring (bicyclic) bond motifs is 1. The number of aromatic nitrogens is 3. The van der Waals surface area contributed by atoms with Crippen molar-refractivity contribution in [3.63, 3.8) is 0 Å². The molecule has 1 fully saturated rings. The summed E-state index contributed by atoms with van der Waals surface area (Å²) in [6, 6.07) is 8.21. The average Bonchev–Trinajstić information content (AvgIpc) is 3.04. The highest BCUT2D eigenvalue weighted by Crippen LogP contribution is 2.24. The first kappa shape index (κ1) is 16.1. The summed E-state index contributed by atoms with van der Waals surface area (Å²) in [6.45, 7) is 4.35. The molecule has 3 heterocycles. The third kappa shape index (κ3) is 3.24. The van der Waals surface area contributed by atoms with E-state index in [2.05, 4.69) is 20.9 Å². The zero-order valence-electron chi connectivity index (χ0n) is 14.4. The van der Waals surface area contributed by atoms with Crippen LogP contribution in [0.1, 0.15) is 40.6 Å². The van der Waals surface area contributed by atoms with Crippen LogP contribution in [0.5, 0.6) is 5.75 Å². The molecule has 0 radical (unpaired) electrons. The minimum Gasteiger partial charge on any atom is -0.491 e. The molecule has 25 heavy (non-hydrogen) atoms. The van der Waals surface area contributed by atoms with Crippen molar-refractivity contribution < 1.29 is 9.53 Å². The van der Waals surface area contributed by atoms with Crippen molar-refractivity contribution in [2.24, 2.45) is 0 Å². The number of nitrogens with zero attached hydrogens (tertiary/aromatic N) is 3. The van der Waals surface area contributed by atoms with Gasteiger partial charge in [0.05, 0.1) is 17.8 Å². The first-order valence-electron chi connectivity index (χ1n) is 8.86. The molecule has 7 nitrogen and oxygen atoms in total. The standard InChI is InChI=1S/C18H23N5O2/c1-12-17(21-22-23(12)15-6-8-19-9-7-15)18(24)20-14-10-13-4-2-3-5-16(13)25-11-14/h2-5,14-15,19H,6-11H2,1H3,(H,20,24). The van der Waals surface area contributed by atoms with Gasteiger partial charge in [-0.15, -0.1) is 5.10 Å². The Morgan fingerprint density at radius 3 is 2.96 bits per heavy atom. The summed E-state index contributed by atoms with van der Waals surface area (Å²) < 4.78 is 7.65. The smallest absolute Gasteiger partial charge is 0.274 e. The molecular weight excluding hydrogens is 318 g/mol. The number of hydrogen-bond acceptors (Lipinski definition) is 5. The number of hydrogen-bond donors (Lipinski definition) is 2. The number of nitrogens with one attached hydrogen (secondary N) is 2. The van der Waals surface area contributed by atoms with Crippen LogP contribution in [0.3, 0.4) is 0 Å². The monoisotopic (exact) mass is 341 g/mol. The lowest BCUT2D eigenvalue weighted by Crippen LogP contribution is -2.43. The van der Waals surface area contributed by atoms with Gasteiger partial charge in [-0.25, -0.2) is 4.68 Å². The van der Waals surface area contributed by atoms with E-state index in [4.69, 9.17) is 4.74 Å². The Labute approximate surface area is 146 Å². The molecule has 2 aromatic rings. The Kier molecular flexibility index (Phi) is 4.40. The second kappa shape index (κ2) is 6.84. The number of carbonyl (C=O) groups excluding carboxylic acids is 1. The molecule has 4 rings (SSSR count). The van der Waals surface area contributed by atoms with Crippen LogP contribution in [0.15, 0.2) is 24.3 Å². The number of para-hydroxylation sites is 1. The summed E-state index contributed by atoms with van der Waals surface area (Å²) in [6.07, 6.45) is 2.79.